The molecule has 1 heterocycles. The van der Waals surface area contributed by atoms with Crippen LogP contribution >= 0.6 is 0 Å². The number of rotatable bonds is 2. The van der Waals surface area contributed by atoms with Gasteiger partial charge < -0.3 is 4.90 Å². The Bertz CT molecular complexity index is 123. The Kier molecular flexibility index (Phi) is 2.90. The first kappa shape index (κ1) is 9.01. The molecule has 1 atom stereocenters. The summed E-state index contributed by atoms with van der Waals surface area (Å²) < 4.78 is 0. The van der Waals surface area contributed by atoms with Crippen molar-refractivity contribution in [3.63, 3.8) is 0 Å². The van der Waals surface area contributed by atoms with E-state index in [0.29, 0.717) is 6.04 Å². The van der Waals surface area contributed by atoms with Crippen molar-refractivity contribution in [3.05, 3.63) is 7.05 Å². The van der Waals surface area contributed by atoms with Gasteiger partial charge in [-0.25, -0.2) is 0 Å². The maximum atomic E-state index is 3.94. The quantitative estimate of drug-likeness (QED) is 0.553. The predicted octanol–water partition coefficient (Wildman–Crippen LogP) is 1.19. The van der Waals surface area contributed by atoms with Gasteiger partial charge in [-0.15, -0.1) is 0 Å². The van der Waals surface area contributed by atoms with Crippen LogP contribution in [0.15, 0.2) is 0 Å². The van der Waals surface area contributed by atoms with Crippen LogP contribution in [0.1, 0.15) is 20.3 Å². The molecular weight excluding hydrogens is 136 g/mol. The number of hydrogen-bond donors (Lipinski definition) is 0. The van der Waals surface area contributed by atoms with Gasteiger partial charge in [0.15, 0.2) is 0 Å². The van der Waals surface area contributed by atoms with Gasteiger partial charge in [0.2, 0.25) is 0 Å². The summed E-state index contributed by atoms with van der Waals surface area (Å²) in [5, 5.41) is 0. The second-order valence-corrected chi connectivity index (χ2v) is 3.78. The highest BCUT2D eigenvalue weighted by Crippen LogP contribution is 2.14. The summed E-state index contributed by atoms with van der Waals surface area (Å²) in [5.41, 5.74) is 0. The fraction of sp³-hybridized carbons (Fsp3) is 0.889. The lowest BCUT2D eigenvalue weighted by Crippen LogP contribution is -2.38. The van der Waals surface area contributed by atoms with Crippen LogP contribution < -0.4 is 0 Å². The Hall–Kier alpha value is -0.0800. The average Bonchev–Trinajstić information content (AvgIpc) is 2.34. The molecular formula is C9H19N2-. The highest BCUT2D eigenvalue weighted by molar-refractivity contribution is 4.82. The Morgan fingerprint density at radius 2 is 2.18 bits per heavy atom. The van der Waals surface area contributed by atoms with Crippen LogP contribution in [0, 0.1) is 7.05 Å². The van der Waals surface area contributed by atoms with Crippen molar-refractivity contribution in [2.45, 2.75) is 32.4 Å². The molecule has 0 aromatic heterocycles. The summed E-state index contributed by atoms with van der Waals surface area (Å²) in [6.07, 6.45) is 1.28. The van der Waals surface area contributed by atoms with Crippen LogP contribution in [-0.2, 0) is 0 Å². The summed E-state index contributed by atoms with van der Waals surface area (Å²) in [6.45, 7) is 6.77. The number of likely N-dealkylation sites (N-methyl/N-ethyl adjacent to an activating group) is 1. The van der Waals surface area contributed by atoms with E-state index in [2.05, 4.69) is 37.7 Å². The van der Waals surface area contributed by atoms with E-state index < -0.39 is 0 Å². The average molecular weight is 155 g/mol. The van der Waals surface area contributed by atoms with Crippen LogP contribution in [0.5, 0.6) is 0 Å². The summed E-state index contributed by atoms with van der Waals surface area (Å²) in [4.78, 5) is 4.59. The van der Waals surface area contributed by atoms with Gasteiger partial charge in [-0.1, -0.05) is 0 Å². The fourth-order valence-electron chi connectivity index (χ4n) is 1.57. The monoisotopic (exact) mass is 155 g/mol. The molecule has 1 aliphatic rings. The molecule has 1 saturated heterocycles. The molecule has 0 aromatic rings. The molecule has 0 amide bonds. The van der Waals surface area contributed by atoms with Crippen molar-refractivity contribution in [2.24, 2.45) is 0 Å². The van der Waals surface area contributed by atoms with Crippen LogP contribution in [0.4, 0.5) is 0 Å². The molecule has 2 nitrogen and oxygen atoms in total. The Morgan fingerprint density at radius 1 is 1.55 bits per heavy atom. The summed E-state index contributed by atoms with van der Waals surface area (Å²) in [5.74, 6) is 0. The minimum absolute atomic E-state index is 0.659. The maximum absolute atomic E-state index is 3.94. The summed E-state index contributed by atoms with van der Waals surface area (Å²) >= 11 is 0. The topological polar surface area (TPSA) is 6.48 Å². The normalized spacial score (nSPS) is 27.3. The van der Waals surface area contributed by atoms with Gasteiger partial charge in [0.05, 0.1) is 0 Å². The zero-order valence-corrected chi connectivity index (χ0v) is 7.88. The molecule has 1 fully saturated rings. The van der Waals surface area contributed by atoms with Crippen molar-refractivity contribution < 1.29 is 0 Å². The Morgan fingerprint density at radius 3 is 2.55 bits per heavy atom. The van der Waals surface area contributed by atoms with E-state index in [9.17, 15) is 0 Å². The van der Waals surface area contributed by atoms with Crippen LogP contribution in [-0.4, -0.2) is 42.0 Å². The van der Waals surface area contributed by atoms with Gasteiger partial charge in [-0.2, -0.15) is 0 Å². The molecule has 0 unspecified atom stereocenters. The Balaban J connectivity index is 2.36. The summed E-state index contributed by atoms with van der Waals surface area (Å²) in [7, 11) is 6.14. The zero-order valence-electron chi connectivity index (χ0n) is 7.88. The second-order valence-electron chi connectivity index (χ2n) is 3.78. The standard InChI is InChI=1S/C9H19N2/c1-8(2)11(4)9-5-6-10(3)7-9/h8-9H,3,5-7H2,1-2,4H3/q-1/t9-/m0/s1. The van der Waals surface area contributed by atoms with E-state index >= 15 is 0 Å². The van der Waals surface area contributed by atoms with Gasteiger partial charge in [-0.05, 0) is 40.4 Å². The van der Waals surface area contributed by atoms with E-state index in [1.807, 2.05) is 0 Å². The van der Waals surface area contributed by atoms with E-state index in [-0.39, 0.29) is 0 Å². The highest BCUT2D eigenvalue weighted by atomic mass is 15.2. The number of nitrogens with zero attached hydrogens (tertiary/aromatic N) is 2. The molecule has 11 heavy (non-hydrogen) atoms. The van der Waals surface area contributed by atoms with Crippen molar-refractivity contribution in [3.8, 4) is 0 Å². The Labute approximate surface area is 70.2 Å². The molecule has 66 valence electrons. The van der Waals surface area contributed by atoms with Crippen molar-refractivity contribution in [2.75, 3.05) is 20.1 Å². The van der Waals surface area contributed by atoms with Crippen LogP contribution in [0.2, 0.25) is 0 Å². The molecule has 0 spiro atoms. The third kappa shape index (κ3) is 2.17. The molecule has 0 aromatic carbocycles. The lowest BCUT2D eigenvalue weighted by atomic mass is 10.2. The van der Waals surface area contributed by atoms with E-state index in [1.165, 1.54) is 6.42 Å². The van der Waals surface area contributed by atoms with Gasteiger partial charge in [0.25, 0.3) is 0 Å². The van der Waals surface area contributed by atoms with Crippen molar-refractivity contribution in [1.29, 1.82) is 0 Å². The third-order valence-corrected chi connectivity index (χ3v) is 2.64. The first-order chi connectivity index (χ1) is 5.11. The SMILES string of the molecule is [CH2-]N1CC[C@H](N(C)C(C)C)C1. The largest absolute Gasteiger partial charge is 0.458 e. The minimum Gasteiger partial charge on any atom is -0.458 e. The minimum atomic E-state index is 0.659. The van der Waals surface area contributed by atoms with E-state index in [0.717, 1.165) is 19.1 Å². The molecule has 0 aliphatic carbocycles. The third-order valence-electron chi connectivity index (χ3n) is 2.64. The molecule has 1 rings (SSSR count). The molecule has 0 saturated carbocycles. The number of likely N-dealkylation sites (tertiary alicyclic amines) is 1. The summed E-state index contributed by atoms with van der Waals surface area (Å²) in [6, 6.07) is 1.39. The molecule has 1 aliphatic heterocycles. The van der Waals surface area contributed by atoms with Gasteiger partial charge >= 0.3 is 0 Å². The van der Waals surface area contributed by atoms with Crippen LogP contribution in [0.3, 0.4) is 0 Å². The highest BCUT2D eigenvalue weighted by Gasteiger charge is 2.21. The van der Waals surface area contributed by atoms with Gasteiger partial charge in [-0.3, -0.25) is 11.9 Å². The van der Waals surface area contributed by atoms with Crippen molar-refractivity contribution >= 4 is 0 Å². The van der Waals surface area contributed by atoms with Gasteiger partial charge in [0, 0.05) is 12.1 Å². The zero-order chi connectivity index (χ0) is 8.43. The maximum Gasteiger partial charge on any atom is 0.0209 e. The van der Waals surface area contributed by atoms with Crippen molar-refractivity contribution in [1.82, 2.24) is 9.80 Å². The van der Waals surface area contributed by atoms with E-state index in [1.54, 1.807) is 0 Å². The number of hydrogen-bond acceptors (Lipinski definition) is 2. The molecule has 0 N–H and O–H groups in total. The predicted molar refractivity (Wildman–Crippen MR) is 48.2 cm³/mol. The molecule has 0 bridgehead atoms. The first-order valence-electron chi connectivity index (χ1n) is 4.38. The van der Waals surface area contributed by atoms with Gasteiger partial charge in [0.1, 0.15) is 0 Å². The smallest absolute Gasteiger partial charge is 0.0209 e. The molecule has 0 radical (unpaired) electrons. The fourth-order valence-corrected chi connectivity index (χ4v) is 1.57. The second kappa shape index (κ2) is 3.55. The first-order valence-corrected chi connectivity index (χ1v) is 4.38. The molecule has 2 heteroatoms. The van der Waals surface area contributed by atoms with Crippen LogP contribution in [0.25, 0.3) is 0 Å². The van der Waals surface area contributed by atoms with E-state index in [4.69, 9.17) is 0 Å². The lowest BCUT2D eigenvalue weighted by Gasteiger charge is -2.29. The lowest BCUT2D eigenvalue weighted by molar-refractivity contribution is 0.199.